The molecule has 4 rings (SSSR count). The van der Waals surface area contributed by atoms with E-state index in [1.807, 2.05) is 61.5 Å². The molecular formula is C21H20N2O2. The van der Waals surface area contributed by atoms with E-state index < -0.39 is 0 Å². The number of fused-ring (bicyclic) bond motifs is 3. The van der Waals surface area contributed by atoms with Crippen LogP contribution in [-0.4, -0.2) is 19.1 Å². The number of nitrogens with zero attached hydrogens (tertiary/aromatic N) is 1. The summed E-state index contributed by atoms with van der Waals surface area (Å²) in [7, 11) is 3.99. The summed E-state index contributed by atoms with van der Waals surface area (Å²) < 4.78 is 5.62. The van der Waals surface area contributed by atoms with Gasteiger partial charge in [-0.25, -0.2) is 4.79 Å². The summed E-state index contributed by atoms with van der Waals surface area (Å²) in [4.78, 5) is 17.9. The normalized spacial score (nSPS) is 11.4. The average Bonchev–Trinajstić information content (AvgIpc) is 2.89. The molecule has 4 heteroatoms. The Bertz CT molecular complexity index is 1150. The molecule has 0 aliphatic rings. The van der Waals surface area contributed by atoms with Gasteiger partial charge in [0.05, 0.1) is 5.56 Å². The first kappa shape index (κ1) is 15.5. The van der Waals surface area contributed by atoms with Gasteiger partial charge in [0.25, 0.3) is 0 Å². The molecule has 25 heavy (non-hydrogen) atoms. The minimum absolute atomic E-state index is 0.311. The maximum atomic E-state index is 12.5. The van der Waals surface area contributed by atoms with Crippen molar-refractivity contribution in [1.82, 2.24) is 4.98 Å². The van der Waals surface area contributed by atoms with E-state index in [2.05, 4.69) is 18.8 Å². The molecule has 0 aliphatic carbocycles. The van der Waals surface area contributed by atoms with E-state index in [0.717, 1.165) is 33.2 Å². The number of aryl methyl sites for hydroxylation is 2. The van der Waals surface area contributed by atoms with Crippen LogP contribution in [0.1, 0.15) is 11.3 Å². The van der Waals surface area contributed by atoms with Crippen LogP contribution in [0, 0.1) is 13.8 Å². The number of hydrogen-bond donors (Lipinski definition) is 1. The highest BCUT2D eigenvalue weighted by Gasteiger charge is 2.13. The molecule has 0 amide bonds. The highest BCUT2D eigenvalue weighted by molar-refractivity contribution is 6.07. The van der Waals surface area contributed by atoms with Crippen LogP contribution in [0.15, 0.2) is 51.7 Å². The summed E-state index contributed by atoms with van der Waals surface area (Å²) in [5.74, 6) is 0. The molecule has 2 aromatic heterocycles. The number of rotatable bonds is 2. The van der Waals surface area contributed by atoms with Gasteiger partial charge in [0.15, 0.2) is 0 Å². The fourth-order valence-corrected chi connectivity index (χ4v) is 3.32. The third kappa shape index (κ3) is 2.41. The number of anilines is 1. The monoisotopic (exact) mass is 332 g/mol. The van der Waals surface area contributed by atoms with Crippen molar-refractivity contribution in [3.63, 3.8) is 0 Å². The zero-order valence-corrected chi connectivity index (χ0v) is 14.8. The molecule has 4 nitrogen and oxygen atoms in total. The standard InChI is InChI=1S/C21H20N2O2/c1-12-13(2)22-18-9-10-19-17(20(12)18)11-16(21(24)25-19)14-5-7-15(8-6-14)23(3)4/h5-11,22H,1-4H3. The van der Waals surface area contributed by atoms with Gasteiger partial charge in [-0.05, 0) is 55.3 Å². The van der Waals surface area contributed by atoms with Crippen LogP contribution in [0.2, 0.25) is 0 Å². The van der Waals surface area contributed by atoms with Crippen molar-refractivity contribution in [2.45, 2.75) is 13.8 Å². The Hall–Kier alpha value is -3.01. The summed E-state index contributed by atoms with van der Waals surface area (Å²) in [6.45, 7) is 4.14. The molecule has 0 saturated carbocycles. The summed E-state index contributed by atoms with van der Waals surface area (Å²) in [6.07, 6.45) is 0. The second kappa shape index (κ2) is 5.52. The van der Waals surface area contributed by atoms with E-state index in [1.165, 1.54) is 5.56 Å². The van der Waals surface area contributed by atoms with Crippen LogP contribution in [0.5, 0.6) is 0 Å². The number of H-pyrrole nitrogens is 1. The number of hydrogen-bond acceptors (Lipinski definition) is 3. The molecule has 0 aliphatic heterocycles. The van der Waals surface area contributed by atoms with Gasteiger partial charge in [-0.1, -0.05) is 12.1 Å². The summed E-state index contributed by atoms with van der Waals surface area (Å²) in [5.41, 5.74) is 6.22. The predicted octanol–water partition coefficient (Wildman–Crippen LogP) is 4.62. The molecule has 0 radical (unpaired) electrons. The van der Waals surface area contributed by atoms with Crippen LogP contribution >= 0.6 is 0 Å². The van der Waals surface area contributed by atoms with Crippen molar-refractivity contribution in [2.24, 2.45) is 0 Å². The molecule has 0 spiro atoms. The fourth-order valence-electron chi connectivity index (χ4n) is 3.32. The number of aromatic amines is 1. The SMILES string of the molecule is Cc1[nH]c2ccc3oc(=O)c(-c4ccc(N(C)C)cc4)cc3c2c1C. The van der Waals surface area contributed by atoms with Crippen molar-refractivity contribution >= 4 is 27.6 Å². The fraction of sp³-hybridized carbons (Fsp3) is 0.190. The molecule has 2 aromatic carbocycles. The summed E-state index contributed by atoms with van der Waals surface area (Å²) >= 11 is 0. The maximum Gasteiger partial charge on any atom is 0.344 e. The van der Waals surface area contributed by atoms with Crippen LogP contribution < -0.4 is 10.5 Å². The number of nitrogens with one attached hydrogen (secondary N) is 1. The second-order valence-corrected chi connectivity index (χ2v) is 6.66. The molecule has 0 atom stereocenters. The summed E-state index contributed by atoms with van der Waals surface area (Å²) in [5, 5.41) is 2.08. The molecule has 1 N–H and O–H groups in total. The number of benzene rings is 2. The Kier molecular flexibility index (Phi) is 3.42. The van der Waals surface area contributed by atoms with Gasteiger partial charge in [0, 0.05) is 41.8 Å². The molecule has 0 unspecified atom stereocenters. The highest BCUT2D eigenvalue weighted by atomic mass is 16.4. The zero-order chi connectivity index (χ0) is 17.7. The summed E-state index contributed by atoms with van der Waals surface area (Å²) in [6, 6.07) is 13.7. The van der Waals surface area contributed by atoms with E-state index in [9.17, 15) is 4.79 Å². The molecule has 2 heterocycles. The van der Waals surface area contributed by atoms with Crippen molar-refractivity contribution in [1.29, 1.82) is 0 Å². The van der Waals surface area contributed by atoms with E-state index in [0.29, 0.717) is 11.1 Å². The topological polar surface area (TPSA) is 49.2 Å². The quantitative estimate of drug-likeness (QED) is 0.545. The molecule has 0 fully saturated rings. The van der Waals surface area contributed by atoms with E-state index in [1.54, 1.807) is 0 Å². The first-order valence-electron chi connectivity index (χ1n) is 8.29. The van der Waals surface area contributed by atoms with Crippen molar-refractivity contribution < 1.29 is 4.42 Å². The van der Waals surface area contributed by atoms with Crippen molar-refractivity contribution in [3.8, 4) is 11.1 Å². The Morgan fingerprint density at radius 3 is 2.40 bits per heavy atom. The van der Waals surface area contributed by atoms with Crippen LogP contribution in [-0.2, 0) is 0 Å². The predicted molar refractivity (Wildman–Crippen MR) is 104 cm³/mol. The largest absolute Gasteiger partial charge is 0.422 e. The minimum atomic E-state index is -0.311. The average molecular weight is 332 g/mol. The third-order valence-corrected chi connectivity index (χ3v) is 4.87. The van der Waals surface area contributed by atoms with E-state index in [-0.39, 0.29) is 5.63 Å². The number of aromatic nitrogens is 1. The van der Waals surface area contributed by atoms with Crippen molar-refractivity contribution in [3.05, 3.63) is 64.1 Å². The van der Waals surface area contributed by atoms with Gasteiger partial charge < -0.3 is 14.3 Å². The minimum Gasteiger partial charge on any atom is -0.422 e. The molecule has 126 valence electrons. The van der Waals surface area contributed by atoms with Gasteiger partial charge in [0.1, 0.15) is 5.58 Å². The van der Waals surface area contributed by atoms with Crippen molar-refractivity contribution in [2.75, 3.05) is 19.0 Å². The van der Waals surface area contributed by atoms with E-state index in [4.69, 9.17) is 4.42 Å². The highest BCUT2D eigenvalue weighted by Crippen LogP contribution is 2.31. The Labute approximate surface area is 145 Å². The van der Waals surface area contributed by atoms with Gasteiger partial charge in [-0.2, -0.15) is 0 Å². The molecule has 0 bridgehead atoms. The molecule has 4 aromatic rings. The van der Waals surface area contributed by atoms with Crippen LogP contribution in [0.25, 0.3) is 33.0 Å². The maximum absolute atomic E-state index is 12.5. The smallest absolute Gasteiger partial charge is 0.344 e. The van der Waals surface area contributed by atoms with Gasteiger partial charge in [-0.15, -0.1) is 0 Å². The first-order valence-corrected chi connectivity index (χ1v) is 8.29. The van der Waals surface area contributed by atoms with Gasteiger partial charge in [-0.3, -0.25) is 0 Å². The van der Waals surface area contributed by atoms with E-state index >= 15 is 0 Å². The molecule has 0 saturated heterocycles. The Morgan fingerprint density at radius 1 is 1.00 bits per heavy atom. The Balaban J connectivity index is 1.99. The third-order valence-electron chi connectivity index (χ3n) is 4.87. The lowest BCUT2D eigenvalue weighted by atomic mass is 10.0. The van der Waals surface area contributed by atoms with Crippen LogP contribution in [0.4, 0.5) is 5.69 Å². The van der Waals surface area contributed by atoms with Gasteiger partial charge in [0.2, 0.25) is 0 Å². The second-order valence-electron chi connectivity index (χ2n) is 6.66. The van der Waals surface area contributed by atoms with Gasteiger partial charge >= 0.3 is 5.63 Å². The molecular weight excluding hydrogens is 312 g/mol. The Morgan fingerprint density at radius 2 is 1.72 bits per heavy atom. The first-order chi connectivity index (χ1) is 12.0. The lowest BCUT2D eigenvalue weighted by Gasteiger charge is -2.12. The zero-order valence-electron chi connectivity index (χ0n) is 14.8. The lowest BCUT2D eigenvalue weighted by molar-refractivity contribution is 0.564. The van der Waals surface area contributed by atoms with Crippen LogP contribution in [0.3, 0.4) is 0 Å². The lowest BCUT2D eigenvalue weighted by Crippen LogP contribution is -2.08.